The average Bonchev–Trinajstić information content (AvgIpc) is 3.66. The fourth-order valence-corrected chi connectivity index (χ4v) is 10.3. The van der Waals surface area contributed by atoms with Gasteiger partial charge in [-0.15, -0.1) is 0 Å². The maximum absolute atomic E-state index is 2.43. The van der Waals surface area contributed by atoms with Crippen molar-refractivity contribution in [3.63, 3.8) is 0 Å². The molecule has 0 saturated heterocycles. The van der Waals surface area contributed by atoms with Crippen LogP contribution in [0.5, 0.6) is 0 Å². The zero-order chi connectivity index (χ0) is 41.0. The Morgan fingerprint density at radius 2 is 0.806 bits per heavy atom. The van der Waals surface area contributed by atoms with E-state index in [9.17, 15) is 0 Å². The van der Waals surface area contributed by atoms with Crippen molar-refractivity contribution in [2.45, 2.75) is 5.41 Å². The zero-order valence-corrected chi connectivity index (χ0v) is 34.1. The molecule has 0 atom stereocenters. The van der Waals surface area contributed by atoms with Crippen LogP contribution in [0.15, 0.2) is 249 Å². The van der Waals surface area contributed by atoms with Crippen molar-refractivity contribution in [2.24, 2.45) is 0 Å². The summed E-state index contributed by atoms with van der Waals surface area (Å²) in [5.74, 6) is 0. The van der Waals surface area contributed by atoms with Crippen molar-refractivity contribution >= 4 is 49.4 Å². The second-order valence-electron chi connectivity index (χ2n) is 16.4. The predicted octanol–water partition coefficient (Wildman–Crippen LogP) is 16.3. The number of hydrogen-bond acceptors (Lipinski definition) is 1. The molecule has 1 aliphatic rings. The van der Waals surface area contributed by atoms with Crippen molar-refractivity contribution in [2.75, 3.05) is 4.90 Å². The summed E-state index contributed by atoms with van der Waals surface area (Å²) in [7, 11) is 0. The van der Waals surface area contributed by atoms with E-state index in [-0.39, 0.29) is 0 Å². The minimum atomic E-state index is -0.447. The van der Waals surface area contributed by atoms with Gasteiger partial charge in [0.25, 0.3) is 0 Å². The van der Waals surface area contributed by atoms with Crippen LogP contribution < -0.4 is 4.90 Å². The van der Waals surface area contributed by atoms with Crippen molar-refractivity contribution < 1.29 is 0 Å². The second kappa shape index (κ2) is 14.6. The molecule has 12 rings (SSSR count). The van der Waals surface area contributed by atoms with E-state index in [4.69, 9.17) is 0 Å². The minimum absolute atomic E-state index is 0.447. The molecule has 0 unspecified atom stereocenters. The first-order chi connectivity index (χ1) is 30.8. The van der Waals surface area contributed by atoms with Gasteiger partial charge in [0.1, 0.15) is 0 Å². The van der Waals surface area contributed by atoms with Crippen molar-refractivity contribution in [1.82, 2.24) is 0 Å². The van der Waals surface area contributed by atoms with Gasteiger partial charge in [-0.05, 0) is 119 Å². The van der Waals surface area contributed by atoms with Crippen LogP contribution in [0.4, 0.5) is 17.1 Å². The molecule has 0 bridgehead atoms. The summed E-state index contributed by atoms with van der Waals surface area (Å²) >= 11 is 0. The Hall–Kier alpha value is -8.00. The Labute approximate surface area is 362 Å². The lowest BCUT2D eigenvalue weighted by Gasteiger charge is -2.34. The maximum atomic E-state index is 2.43. The first-order valence-electron chi connectivity index (χ1n) is 21.5. The largest absolute Gasteiger partial charge is 0.310 e. The second-order valence-corrected chi connectivity index (χ2v) is 16.4. The Balaban J connectivity index is 1.02. The third-order valence-electron chi connectivity index (χ3n) is 13.1. The highest BCUT2D eigenvalue weighted by Crippen LogP contribution is 2.58. The summed E-state index contributed by atoms with van der Waals surface area (Å²) in [5, 5.41) is 7.43. The summed E-state index contributed by atoms with van der Waals surface area (Å²) < 4.78 is 0. The van der Waals surface area contributed by atoms with Gasteiger partial charge in [-0.1, -0.05) is 212 Å². The fourth-order valence-electron chi connectivity index (χ4n) is 10.3. The van der Waals surface area contributed by atoms with Crippen molar-refractivity contribution in [3.05, 3.63) is 271 Å². The molecule has 0 aromatic heterocycles. The van der Waals surface area contributed by atoms with Gasteiger partial charge in [-0.2, -0.15) is 0 Å². The fraction of sp³-hybridized carbons (Fsp3) is 0.0164. The molecule has 0 fully saturated rings. The van der Waals surface area contributed by atoms with Crippen LogP contribution in [0, 0.1) is 0 Å². The number of nitrogens with zero attached hydrogens (tertiary/aromatic N) is 1. The molecule has 0 radical (unpaired) electrons. The molecule has 0 N–H and O–H groups in total. The molecule has 0 amide bonds. The molecule has 0 saturated carbocycles. The van der Waals surface area contributed by atoms with Gasteiger partial charge >= 0.3 is 0 Å². The van der Waals surface area contributed by atoms with Gasteiger partial charge in [0, 0.05) is 16.8 Å². The monoisotopic (exact) mass is 787 g/mol. The van der Waals surface area contributed by atoms with Crippen molar-refractivity contribution in [1.29, 1.82) is 0 Å². The van der Waals surface area contributed by atoms with E-state index in [0.717, 1.165) is 17.1 Å². The standard InChI is InChI=1S/C61H41N/c1-3-19-48(20-4-1)61(49-21-5-2-6-22-49)57-28-14-13-26-56(57)60-53(27-15-29-58(60)61)44-34-38-51(39-35-44)62(59-41-47-18-9-10-23-52(47)54-24-11-12-25-55(54)59)50-36-32-43(33-37-50)46-31-30-42-16-7-8-17-45(42)40-46/h1-41H. The van der Waals surface area contributed by atoms with Crippen LogP contribution in [0.25, 0.3) is 65.7 Å². The predicted molar refractivity (Wildman–Crippen MR) is 262 cm³/mol. The molecule has 11 aromatic rings. The normalized spacial score (nSPS) is 12.6. The van der Waals surface area contributed by atoms with Crippen LogP contribution in [-0.4, -0.2) is 0 Å². The van der Waals surface area contributed by atoms with Gasteiger partial charge in [-0.25, -0.2) is 0 Å². The van der Waals surface area contributed by atoms with Gasteiger partial charge in [0.2, 0.25) is 0 Å². The molecule has 1 aliphatic carbocycles. The Kier molecular flexibility index (Phi) is 8.47. The van der Waals surface area contributed by atoms with E-state index in [2.05, 4.69) is 254 Å². The smallest absolute Gasteiger partial charge is 0.0713 e. The average molecular weight is 788 g/mol. The molecule has 11 aromatic carbocycles. The molecule has 0 spiro atoms. The topological polar surface area (TPSA) is 3.24 Å². The number of hydrogen-bond donors (Lipinski definition) is 0. The van der Waals surface area contributed by atoms with Crippen LogP contribution in [0.3, 0.4) is 0 Å². The van der Waals surface area contributed by atoms with Crippen LogP contribution in [0.2, 0.25) is 0 Å². The van der Waals surface area contributed by atoms with E-state index >= 15 is 0 Å². The molecule has 1 heteroatoms. The van der Waals surface area contributed by atoms with Crippen LogP contribution >= 0.6 is 0 Å². The molecular formula is C61H41N. The van der Waals surface area contributed by atoms with Gasteiger partial charge in [-0.3, -0.25) is 0 Å². The molecule has 0 heterocycles. The summed E-state index contributed by atoms with van der Waals surface area (Å²) in [4.78, 5) is 2.43. The zero-order valence-electron chi connectivity index (χ0n) is 34.1. The summed E-state index contributed by atoms with van der Waals surface area (Å²) in [6.45, 7) is 0. The Morgan fingerprint density at radius 1 is 0.290 bits per heavy atom. The van der Waals surface area contributed by atoms with Crippen LogP contribution in [-0.2, 0) is 5.41 Å². The molecule has 290 valence electrons. The lowest BCUT2D eigenvalue weighted by atomic mass is 9.67. The van der Waals surface area contributed by atoms with Gasteiger partial charge < -0.3 is 4.90 Å². The van der Waals surface area contributed by atoms with Gasteiger partial charge in [0.15, 0.2) is 0 Å². The number of anilines is 3. The highest BCUT2D eigenvalue weighted by atomic mass is 15.1. The van der Waals surface area contributed by atoms with Crippen molar-refractivity contribution in [3.8, 4) is 33.4 Å². The lowest BCUT2D eigenvalue weighted by molar-refractivity contribution is 0.768. The minimum Gasteiger partial charge on any atom is -0.310 e. The van der Waals surface area contributed by atoms with Crippen LogP contribution in [0.1, 0.15) is 22.3 Å². The highest BCUT2D eigenvalue weighted by molar-refractivity contribution is 6.14. The van der Waals surface area contributed by atoms with E-state index in [1.165, 1.54) is 88.0 Å². The Morgan fingerprint density at radius 3 is 1.52 bits per heavy atom. The van der Waals surface area contributed by atoms with E-state index < -0.39 is 5.41 Å². The number of benzene rings is 11. The summed E-state index contributed by atoms with van der Waals surface area (Å²) in [6, 6.07) is 91.6. The quantitative estimate of drug-likeness (QED) is 0.145. The van der Waals surface area contributed by atoms with E-state index in [1.807, 2.05) is 0 Å². The maximum Gasteiger partial charge on any atom is 0.0713 e. The molecular weight excluding hydrogens is 747 g/mol. The summed E-state index contributed by atoms with van der Waals surface area (Å²) in [6.07, 6.45) is 0. The lowest BCUT2D eigenvalue weighted by Crippen LogP contribution is -2.28. The van der Waals surface area contributed by atoms with Gasteiger partial charge in [0.05, 0.1) is 11.1 Å². The third kappa shape index (κ3) is 5.63. The molecule has 62 heavy (non-hydrogen) atoms. The number of rotatable bonds is 7. The SMILES string of the molecule is c1ccc(C2(c3ccccc3)c3ccccc3-c3c(-c4ccc(N(c5ccc(-c6ccc7ccccc7c6)cc5)c5cc6ccccc6c6ccccc56)cc4)cccc32)cc1. The van der Waals surface area contributed by atoms with E-state index in [0.29, 0.717) is 0 Å². The Bertz CT molecular complexity index is 3400. The molecule has 1 nitrogen and oxygen atoms in total. The highest BCUT2D eigenvalue weighted by Gasteiger charge is 2.46. The number of fused-ring (bicyclic) bond motifs is 7. The first-order valence-corrected chi connectivity index (χ1v) is 21.5. The third-order valence-corrected chi connectivity index (χ3v) is 13.1. The molecule has 0 aliphatic heterocycles. The first kappa shape index (κ1) is 35.9. The van der Waals surface area contributed by atoms with E-state index in [1.54, 1.807) is 0 Å². The summed E-state index contributed by atoms with van der Waals surface area (Å²) in [5.41, 5.74) is 15.5.